The molecule has 3 rings (SSSR count). The molecule has 90 valence electrons. The number of nitrogens with one attached hydrogen (secondary N) is 1. The van der Waals surface area contributed by atoms with Crippen molar-refractivity contribution in [2.45, 2.75) is 12.8 Å². The number of anilines is 1. The van der Waals surface area contributed by atoms with Crippen molar-refractivity contribution in [3.05, 3.63) is 53.6 Å². The highest BCUT2D eigenvalue weighted by Gasteiger charge is 2.14. The van der Waals surface area contributed by atoms with Gasteiger partial charge in [0.05, 0.1) is 6.20 Å². The number of ketones is 1. The molecule has 0 unspecified atom stereocenters. The van der Waals surface area contributed by atoms with Crippen molar-refractivity contribution in [1.29, 1.82) is 0 Å². The number of hydrogen-bond donors (Lipinski definition) is 1. The van der Waals surface area contributed by atoms with Crippen LogP contribution in [0.15, 0.2) is 36.8 Å². The summed E-state index contributed by atoms with van der Waals surface area (Å²) < 4.78 is 0. The molecule has 0 amide bonds. The van der Waals surface area contributed by atoms with E-state index in [1.807, 2.05) is 18.2 Å². The average Bonchev–Trinajstić information content (AvgIpc) is 2.47. The highest BCUT2D eigenvalue weighted by atomic mass is 16.1. The number of aromatic nitrogens is 2. The fourth-order valence-electron chi connectivity index (χ4n) is 2.18. The van der Waals surface area contributed by atoms with Crippen LogP contribution in [0.5, 0.6) is 0 Å². The van der Waals surface area contributed by atoms with E-state index in [1.165, 1.54) is 18.0 Å². The van der Waals surface area contributed by atoms with Gasteiger partial charge in [-0.15, -0.1) is 0 Å². The van der Waals surface area contributed by atoms with E-state index in [0.717, 1.165) is 25.1 Å². The molecular formula is C14H13N3O. The molecule has 0 aliphatic carbocycles. The van der Waals surface area contributed by atoms with Crippen LogP contribution < -0.4 is 5.32 Å². The Morgan fingerprint density at radius 2 is 2.22 bits per heavy atom. The quantitative estimate of drug-likeness (QED) is 0.815. The van der Waals surface area contributed by atoms with Crippen LogP contribution in [0.2, 0.25) is 0 Å². The smallest absolute Gasteiger partial charge is 0.212 e. The molecule has 1 aliphatic heterocycles. The SMILES string of the molecule is O=C(c1ccc2c(c1)CCCN2)c1cnccn1. The topological polar surface area (TPSA) is 54.9 Å². The summed E-state index contributed by atoms with van der Waals surface area (Å²) in [6.07, 6.45) is 6.72. The van der Waals surface area contributed by atoms with E-state index in [9.17, 15) is 4.79 Å². The molecule has 1 aliphatic rings. The van der Waals surface area contributed by atoms with Crippen LogP contribution in [0.1, 0.15) is 28.0 Å². The van der Waals surface area contributed by atoms with Crippen LogP contribution in [0.4, 0.5) is 5.69 Å². The largest absolute Gasteiger partial charge is 0.385 e. The number of fused-ring (bicyclic) bond motifs is 1. The third-order valence-corrected chi connectivity index (χ3v) is 3.10. The van der Waals surface area contributed by atoms with Crippen molar-refractivity contribution < 1.29 is 4.79 Å². The molecule has 2 aromatic rings. The lowest BCUT2D eigenvalue weighted by molar-refractivity contribution is 0.103. The first-order valence-electron chi connectivity index (χ1n) is 6.02. The van der Waals surface area contributed by atoms with Gasteiger partial charge in [-0.1, -0.05) is 0 Å². The van der Waals surface area contributed by atoms with E-state index in [1.54, 1.807) is 6.20 Å². The first kappa shape index (κ1) is 10.9. The highest BCUT2D eigenvalue weighted by Crippen LogP contribution is 2.23. The summed E-state index contributed by atoms with van der Waals surface area (Å²) in [5.41, 5.74) is 3.41. The van der Waals surface area contributed by atoms with Crippen molar-refractivity contribution in [3.63, 3.8) is 0 Å². The molecule has 0 spiro atoms. The van der Waals surface area contributed by atoms with Crippen molar-refractivity contribution >= 4 is 11.5 Å². The van der Waals surface area contributed by atoms with Crippen LogP contribution in [-0.4, -0.2) is 22.3 Å². The number of aryl methyl sites for hydroxylation is 1. The minimum atomic E-state index is -0.0727. The minimum Gasteiger partial charge on any atom is -0.385 e. The van der Waals surface area contributed by atoms with Gasteiger partial charge in [-0.25, -0.2) is 4.98 Å². The molecule has 0 atom stereocenters. The molecular weight excluding hydrogens is 226 g/mol. The van der Waals surface area contributed by atoms with E-state index >= 15 is 0 Å². The van der Waals surface area contributed by atoms with Gasteiger partial charge < -0.3 is 5.32 Å². The second kappa shape index (κ2) is 4.56. The minimum absolute atomic E-state index is 0.0727. The summed E-state index contributed by atoms with van der Waals surface area (Å²) in [6.45, 7) is 1.00. The van der Waals surface area contributed by atoms with Gasteiger partial charge in [0, 0.05) is 30.2 Å². The lowest BCUT2D eigenvalue weighted by Crippen LogP contribution is -2.13. The monoisotopic (exact) mass is 239 g/mol. The summed E-state index contributed by atoms with van der Waals surface area (Å²) in [4.78, 5) is 20.2. The molecule has 4 nitrogen and oxygen atoms in total. The average molecular weight is 239 g/mol. The van der Waals surface area contributed by atoms with Crippen molar-refractivity contribution in [3.8, 4) is 0 Å². The fourth-order valence-corrected chi connectivity index (χ4v) is 2.18. The predicted octanol–water partition coefficient (Wildman–Crippen LogP) is 2.07. The van der Waals surface area contributed by atoms with Gasteiger partial charge in [0.1, 0.15) is 5.69 Å². The molecule has 18 heavy (non-hydrogen) atoms. The Morgan fingerprint density at radius 3 is 3.06 bits per heavy atom. The normalized spacial score (nSPS) is 13.6. The zero-order valence-electron chi connectivity index (χ0n) is 9.89. The molecule has 0 fully saturated rings. The number of hydrogen-bond acceptors (Lipinski definition) is 4. The Kier molecular flexibility index (Phi) is 2.76. The van der Waals surface area contributed by atoms with Crippen molar-refractivity contribution in [2.24, 2.45) is 0 Å². The molecule has 1 aromatic carbocycles. The van der Waals surface area contributed by atoms with E-state index < -0.39 is 0 Å². The Bertz CT molecular complexity index is 581. The van der Waals surface area contributed by atoms with Crippen molar-refractivity contribution in [2.75, 3.05) is 11.9 Å². The second-order valence-electron chi connectivity index (χ2n) is 4.32. The molecule has 0 radical (unpaired) electrons. The number of carbonyl (C=O) groups excluding carboxylic acids is 1. The summed E-state index contributed by atoms with van der Waals surface area (Å²) >= 11 is 0. The number of rotatable bonds is 2. The summed E-state index contributed by atoms with van der Waals surface area (Å²) in [5, 5.41) is 3.33. The zero-order valence-corrected chi connectivity index (χ0v) is 9.89. The number of nitrogens with zero attached hydrogens (tertiary/aromatic N) is 2. The first-order chi connectivity index (χ1) is 8.84. The number of benzene rings is 1. The van der Waals surface area contributed by atoms with Gasteiger partial charge >= 0.3 is 0 Å². The maximum absolute atomic E-state index is 12.2. The van der Waals surface area contributed by atoms with Crippen LogP contribution >= 0.6 is 0 Å². The standard InChI is InChI=1S/C14H13N3O/c18-14(13-9-15-6-7-17-13)11-3-4-12-10(8-11)2-1-5-16-12/h3-4,6-9,16H,1-2,5H2. The van der Waals surface area contributed by atoms with Crippen molar-refractivity contribution in [1.82, 2.24) is 9.97 Å². The van der Waals surface area contributed by atoms with E-state index in [-0.39, 0.29) is 5.78 Å². The highest BCUT2D eigenvalue weighted by molar-refractivity contribution is 6.07. The van der Waals surface area contributed by atoms with Gasteiger partial charge in [0.25, 0.3) is 0 Å². The first-order valence-corrected chi connectivity index (χ1v) is 6.02. The van der Waals surface area contributed by atoms with Gasteiger partial charge in [0.2, 0.25) is 5.78 Å². The van der Waals surface area contributed by atoms with Gasteiger partial charge in [-0.05, 0) is 36.6 Å². The molecule has 1 aromatic heterocycles. The predicted molar refractivity (Wildman–Crippen MR) is 68.7 cm³/mol. The third-order valence-electron chi connectivity index (χ3n) is 3.10. The van der Waals surface area contributed by atoms with E-state index in [4.69, 9.17) is 0 Å². The molecule has 4 heteroatoms. The van der Waals surface area contributed by atoms with Crippen LogP contribution in [0.25, 0.3) is 0 Å². The van der Waals surface area contributed by atoms with Crippen LogP contribution in [0.3, 0.4) is 0 Å². The number of carbonyl (C=O) groups is 1. The lowest BCUT2D eigenvalue weighted by atomic mass is 9.98. The van der Waals surface area contributed by atoms with Gasteiger partial charge in [-0.2, -0.15) is 0 Å². The Labute approximate surface area is 105 Å². The lowest BCUT2D eigenvalue weighted by Gasteiger charge is -2.18. The second-order valence-corrected chi connectivity index (χ2v) is 4.32. The molecule has 0 saturated heterocycles. The van der Waals surface area contributed by atoms with Gasteiger partial charge in [0.15, 0.2) is 0 Å². The zero-order chi connectivity index (χ0) is 12.4. The summed E-state index contributed by atoms with van der Waals surface area (Å²) in [7, 11) is 0. The molecule has 1 N–H and O–H groups in total. The van der Waals surface area contributed by atoms with E-state index in [0.29, 0.717) is 11.3 Å². The Balaban J connectivity index is 1.95. The van der Waals surface area contributed by atoms with Crippen LogP contribution in [0, 0.1) is 0 Å². The summed E-state index contributed by atoms with van der Waals surface area (Å²) in [5.74, 6) is -0.0727. The molecule has 0 bridgehead atoms. The summed E-state index contributed by atoms with van der Waals surface area (Å²) in [6, 6.07) is 5.77. The maximum Gasteiger partial charge on any atom is 0.212 e. The molecule has 2 heterocycles. The van der Waals surface area contributed by atoms with Crippen LogP contribution in [-0.2, 0) is 6.42 Å². The Hall–Kier alpha value is -2.23. The third kappa shape index (κ3) is 1.97. The van der Waals surface area contributed by atoms with E-state index in [2.05, 4.69) is 15.3 Å². The Morgan fingerprint density at radius 1 is 1.28 bits per heavy atom. The maximum atomic E-state index is 12.2. The molecule has 0 saturated carbocycles. The fraction of sp³-hybridized carbons (Fsp3) is 0.214. The van der Waals surface area contributed by atoms with Gasteiger partial charge in [-0.3, -0.25) is 9.78 Å².